The third-order valence-corrected chi connectivity index (χ3v) is 3.02. The summed E-state index contributed by atoms with van der Waals surface area (Å²) >= 11 is 16.8. The second-order valence-electron chi connectivity index (χ2n) is 3.93. The first-order valence-corrected chi connectivity index (χ1v) is 6.84. The van der Waals surface area contributed by atoms with Crippen LogP contribution in [0.4, 0.5) is 5.69 Å². The number of nitrogens with one attached hydrogen (secondary N) is 2. The normalized spacial score (nSPS) is 9.90. The van der Waals surface area contributed by atoms with Crippen LogP contribution in [0.25, 0.3) is 0 Å². The van der Waals surface area contributed by atoms with Gasteiger partial charge in [-0.1, -0.05) is 41.4 Å². The lowest BCUT2D eigenvalue weighted by molar-refractivity contribution is 0.0977. The number of benzene rings is 2. The van der Waals surface area contributed by atoms with Crippen LogP contribution in [0.1, 0.15) is 10.4 Å². The van der Waals surface area contributed by atoms with Crippen LogP contribution in [0.5, 0.6) is 0 Å². The Morgan fingerprint density at radius 2 is 1.60 bits per heavy atom. The number of amides is 1. The van der Waals surface area contributed by atoms with Crippen molar-refractivity contribution in [3.05, 3.63) is 64.1 Å². The van der Waals surface area contributed by atoms with Crippen molar-refractivity contribution in [1.29, 1.82) is 0 Å². The van der Waals surface area contributed by atoms with Crippen LogP contribution in [0.2, 0.25) is 10.0 Å². The van der Waals surface area contributed by atoms with E-state index in [0.29, 0.717) is 15.6 Å². The summed E-state index contributed by atoms with van der Waals surface area (Å²) in [4.78, 5) is 12.0. The van der Waals surface area contributed by atoms with E-state index in [-0.39, 0.29) is 11.0 Å². The molecule has 2 N–H and O–H groups in total. The molecule has 0 aliphatic heterocycles. The lowest BCUT2D eigenvalue weighted by Gasteiger charge is -2.09. The summed E-state index contributed by atoms with van der Waals surface area (Å²) in [7, 11) is 0. The maximum Gasteiger partial charge on any atom is 0.257 e. The largest absolute Gasteiger partial charge is 0.332 e. The fraction of sp³-hybridized carbons (Fsp3) is 0. The van der Waals surface area contributed by atoms with Gasteiger partial charge in [-0.25, -0.2) is 0 Å². The van der Waals surface area contributed by atoms with Gasteiger partial charge in [-0.2, -0.15) is 0 Å². The fourth-order valence-corrected chi connectivity index (χ4v) is 2.28. The number of hydrogen-bond donors (Lipinski definition) is 2. The molecular formula is C14H10Cl2N2OS. The summed E-state index contributed by atoms with van der Waals surface area (Å²) in [6, 6.07) is 13.9. The van der Waals surface area contributed by atoms with Crippen molar-refractivity contribution in [1.82, 2.24) is 5.32 Å². The number of halogens is 2. The van der Waals surface area contributed by atoms with Crippen LogP contribution in [-0.2, 0) is 0 Å². The molecule has 3 nitrogen and oxygen atoms in total. The topological polar surface area (TPSA) is 41.1 Å². The second-order valence-corrected chi connectivity index (χ2v) is 5.21. The van der Waals surface area contributed by atoms with E-state index in [9.17, 15) is 4.79 Å². The number of thiocarbonyl (C=S) groups is 1. The van der Waals surface area contributed by atoms with Crippen LogP contribution in [0.15, 0.2) is 48.5 Å². The van der Waals surface area contributed by atoms with E-state index in [2.05, 4.69) is 10.6 Å². The van der Waals surface area contributed by atoms with Gasteiger partial charge in [0.1, 0.15) is 0 Å². The van der Waals surface area contributed by atoms with Gasteiger partial charge < -0.3 is 5.32 Å². The van der Waals surface area contributed by atoms with Crippen molar-refractivity contribution in [3.63, 3.8) is 0 Å². The molecule has 20 heavy (non-hydrogen) atoms. The molecule has 0 spiro atoms. The molecule has 0 saturated carbocycles. The molecule has 6 heteroatoms. The molecule has 102 valence electrons. The quantitative estimate of drug-likeness (QED) is 0.816. The van der Waals surface area contributed by atoms with Gasteiger partial charge in [0.25, 0.3) is 5.91 Å². The van der Waals surface area contributed by atoms with Crippen molar-refractivity contribution in [2.75, 3.05) is 5.32 Å². The Morgan fingerprint density at radius 1 is 1.00 bits per heavy atom. The van der Waals surface area contributed by atoms with Crippen LogP contribution < -0.4 is 10.6 Å². The van der Waals surface area contributed by atoms with Gasteiger partial charge >= 0.3 is 0 Å². The van der Waals surface area contributed by atoms with Gasteiger partial charge in [-0.15, -0.1) is 0 Å². The van der Waals surface area contributed by atoms with Gasteiger partial charge in [0, 0.05) is 21.3 Å². The van der Waals surface area contributed by atoms with Gasteiger partial charge in [0.05, 0.1) is 0 Å². The second kappa shape index (κ2) is 6.70. The molecule has 2 aromatic carbocycles. The molecule has 2 rings (SSSR count). The molecule has 0 unspecified atom stereocenters. The van der Waals surface area contributed by atoms with Crippen LogP contribution >= 0.6 is 35.4 Å². The van der Waals surface area contributed by atoms with E-state index in [1.54, 1.807) is 6.07 Å². The molecule has 0 heterocycles. The zero-order valence-corrected chi connectivity index (χ0v) is 12.5. The van der Waals surface area contributed by atoms with Crippen molar-refractivity contribution in [2.24, 2.45) is 0 Å². The zero-order valence-electron chi connectivity index (χ0n) is 10.2. The average molecular weight is 325 g/mol. The lowest BCUT2D eigenvalue weighted by Crippen LogP contribution is -2.34. The van der Waals surface area contributed by atoms with E-state index in [1.165, 1.54) is 12.1 Å². The van der Waals surface area contributed by atoms with Gasteiger partial charge in [-0.3, -0.25) is 10.1 Å². The molecule has 2 aromatic rings. The van der Waals surface area contributed by atoms with Crippen LogP contribution in [-0.4, -0.2) is 11.0 Å². The molecule has 1 amide bonds. The van der Waals surface area contributed by atoms with Crippen LogP contribution in [0, 0.1) is 0 Å². The Labute approximate surface area is 131 Å². The summed E-state index contributed by atoms with van der Waals surface area (Å²) in [5.74, 6) is -0.372. The Kier molecular flexibility index (Phi) is 4.95. The smallest absolute Gasteiger partial charge is 0.257 e. The van der Waals surface area contributed by atoms with Crippen molar-refractivity contribution in [3.8, 4) is 0 Å². The average Bonchev–Trinajstić information content (AvgIpc) is 2.38. The van der Waals surface area contributed by atoms with Gasteiger partial charge in [0.15, 0.2) is 5.11 Å². The van der Waals surface area contributed by atoms with E-state index in [0.717, 1.165) is 5.69 Å². The summed E-state index contributed by atoms with van der Waals surface area (Å²) in [6.45, 7) is 0. The standard InChI is InChI=1S/C14H10Cl2N2OS/c15-10-6-9(7-11(16)8-10)13(19)18-14(20)17-12-4-2-1-3-5-12/h1-8H,(H2,17,18,19,20). The Hall–Kier alpha value is -1.62. The van der Waals surface area contributed by atoms with Crippen molar-refractivity contribution < 1.29 is 4.79 Å². The van der Waals surface area contributed by atoms with E-state index >= 15 is 0 Å². The maximum absolute atomic E-state index is 12.0. The summed E-state index contributed by atoms with van der Waals surface area (Å²) in [5, 5.41) is 6.46. The Balaban J connectivity index is 2.02. The summed E-state index contributed by atoms with van der Waals surface area (Å²) in [6.07, 6.45) is 0. The SMILES string of the molecule is O=C(NC(=S)Nc1ccccc1)c1cc(Cl)cc(Cl)c1. The van der Waals surface area contributed by atoms with Crippen LogP contribution in [0.3, 0.4) is 0 Å². The number of anilines is 1. The third kappa shape index (κ3) is 4.20. The molecule has 0 saturated heterocycles. The predicted octanol–water partition coefficient (Wildman–Crippen LogP) is 4.12. The zero-order chi connectivity index (χ0) is 14.5. The minimum Gasteiger partial charge on any atom is -0.332 e. The highest BCUT2D eigenvalue weighted by molar-refractivity contribution is 7.80. The number of carbonyl (C=O) groups is 1. The van der Waals surface area contributed by atoms with Crippen molar-refractivity contribution in [2.45, 2.75) is 0 Å². The molecule has 0 radical (unpaired) electrons. The van der Waals surface area contributed by atoms with E-state index in [1.807, 2.05) is 30.3 Å². The lowest BCUT2D eigenvalue weighted by atomic mass is 10.2. The maximum atomic E-state index is 12.0. The molecule has 0 atom stereocenters. The first-order chi connectivity index (χ1) is 9.54. The summed E-state index contributed by atoms with van der Waals surface area (Å²) in [5.41, 5.74) is 1.14. The highest BCUT2D eigenvalue weighted by Gasteiger charge is 2.09. The minimum atomic E-state index is -0.372. The molecule has 0 fully saturated rings. The first-order valence-electron chi connectivity index (χ1n) is 5.68. The molecule has 0 aliphatic rings. The number of rotatable bonds is 2. The third-order valence-electron chi connectivity index (χ3n) is 2.38. The predicted molar refractivity (Wildman–Crippen MR) is 86.6 cm³/mol. The van der Waals surface area contributed by atoms with Crippen molar-refractivity contribution >= 4 is 52.1 Å². The van der Waals surface area contributed by atoms with E-state index in [4.69, 9.17) is 35.4 Å². The Morgan fingerprint density at radius 3 is 2.20 bits per heavy atom. The molecule has 0 aromatic heterocycles. The number of para-hydroxylation sites is 1. The first kappa shape index (κ1) is 14.8. The Bertz CT molecular complexity index is 627. The molecule has 0 aliphatic carbocycles. The van der Waals surface area contributed by atoms with Gasteiger partial charge in [0.2, 0.25) is 0 Å². The number of carbonyl (C=O) groups excluding carboxylic acids is 1. The minimum absolute atomic E-state index is 0.206. The van der Waals surface area contributed by atoms with Gasteiger partial charge in [-0.05, 0) is 42.5 Å². The molecule has 0 bridgehead atoms. The fourth-order valence-electron chi connectivity index (χ4n) is 1.54. The highest BCUT2D eigenvalue weighted by atomic mass is 35.5. The monoisotopic (exact) mass is 324 g/mol. The molecular weight excluding hydrogens is 315 g/mol. The van der Waals surface area contributed by atoms with E-state index < -0.39 is 0 Å². The highest BCUT2D eigenvalue weighted by Crippen LogP contribution is 2.19. The summed E-state index contributed by atoms with van der Waals surface area (Å²) < 4.78 is 0. The number of hydrogen-bond acceptors (Lipinski definition) is 2.